The molecule has 1 aliphatic rings. The van der Waals surface area contributed by atoms with Crippen molar-refractivity contribution in [3.8, 4) is 11.5 Å². The summed E-state index contributed by atoms with van der Waals surface area (Å²) < 4.78 is 10.7. The van der Waals surface area contributed by atoms with Crippen molar-refractivity contribution in [2.24, 2.45) is 0 Å². The Labute approximate surface area is 110 Å². The number of thiophene rings is 1. The normalized spacial score (nSPS) is 12.9. The van der Waals surface area contributed by atoms with Crippen molar-refractivity contribution in [1.82, 2.24) is 5.32 Å². The van der Waals surface area contributed by atoms with Gasteiger partial charge in [-0.3, -0.25) is 0 Å². The maximum absolute atomic E-state index is 5.36. The Morgan fingerprint density at radius 2 is 2.06 bits per heavy atom. The number of aryl methyl sites for hydroxylation is 1. The lowest BCUT2D eigenvalue weighted by molar-refractivity contribution is 0.174. The summed E-state index contributed by atoms with van der Waals surface area (Å²) in [5.41, 5.74) is 2.58. The SMILES string of the molecule is Cc1ccsc1CNCc1ccc2c(c1)OCO2. The van der Waals surface area contributed by atoms with Gasteiger partial charge in [0.2, 0.25) is 6.79 Å². The quantitative estimate of drug-likeness (QED) is 0.917. The van der Waals surface area contributed by atoms with Crippen LogP contribution in [0, 0.1) is 6.92 Å². The maximum Gasteiger partial charge on any atom is 0.231 e. The number of ether oxygens (including phenoxy) is 2. The van der Waals surface area contributed by atoms with Crippen LogP contribution in [0.2, 0.25) is 0 Å². The van der Waals surface area contributed by atoms with Crippen molar-refractivity contribution in [2.75, 3.05) is 6.79 Å². The zero-order chi connectivity index (χ0) is 12.4. The predicted octanol–water partition coefficient (Wildman–Crippen LogP) is 3.08. The third-order valence-electron chi connectivity index (χ3n) is 3.02. The third kappa shape index (κ3) is 2.35. The molecule has 0 saturated carbocycles. The van der Waals surface area contributed by atoms with E-state index in [0.717, 1.165) is 24.6 Å². The Hall–Kier alpha value is -1.52. The highest BCUT2D eigenvalue weighted by Crippen LogP contribution is 2.32. The van der Waals surface area contributed by atoms with Gasteiger partial charge in [0.1, 0.15) is 0 Å². The van der Waals surface area contributed by atoms with Crippen LogP contribution < -0.4 is 14.8 Å². The molecule has 0 saturated heterocycles. The van der Waals surface area contributed by atoms with Gasteiger partial charge in [0, 0.05) is 18.0 Å². The molecule has 18 heavy (non-hydrogen) atoms. The number of hydrogen-bond acceptors (Lipinski definition) is 4. The lowest BCUT2D eigenvalue weighted by Crippen LogP contribution is -2.12. The lowest BCUT2D eigenvalue weighted by Gasteiger charge is -2.05. The zero-order valence-electron chi connectivity index (χ0n) is 10.2. The van der Waals surface area contributed by atoms with E-state index in [1.165, 1.54) is 16.0 Å². The molecule has 0 bridgehead atoms. The zero-order valence-corrected chi connectivity index (χ0v) is 11.0. The van der Waals surface area contributed by atoms with Crippen molar-refractivity contribution in [3.05, 3.63) is 45.6 Å². The second-order valence-electron chi connectivity index (χ2n) is 4.32. The highest BCUT2D eigenvalue weighted by Gasteiger charge is 2.12. The Balaban J connectivity index is 1.59. The summed E-state index contributed by atoms with van der Waals surface area (Å²) in [6.45, 7) is 4.24. The van der Waals surface area contributed by atoms with Crippen LogP contribution in [0.1, 0.15) is 16.0 Å². The molecule has 1 aromatic carbocycles. The van der Waals surface area contributed by atoms with Crippen LogP contribution in [-0.4, -0.2) is 6.79 Å². The molecule has 3 nitrogen and oxygen atoms in total. The molecule has 2 aromatic rings. The summed E-state index contributed by atoms with van der Waals surface area (Å²) in [6.07, 6.45) is 0. The second kappa shape index (κ2) is 5.00. The fourth-order valence-corrected chi connectivity index (χ4v) is 2.83. The molecule has 0 amide bonds. The second-order valence-corrected chi connectivity index (χ2v) is 5.32. The summed E-state index contributed by atoms with van der Waals surface area (Å²) >= 11 is 1.80. The van der Waals surface area contributed by atoms with Gasteiger partial charge in [-0.15, -0.1) is 11.3 Å². The Bertz CT molecular complexity index is 550. The van der Waals surface area contributed by atoms with Crippen LogP contribution >= 0.6 is 11.3 Å². The number of nitrogens with one attached hydrogen (secondary N) is 1. The molecule has 1 aliphatic heterocycles. The van der Waals surface area contributed by atoms with Gasteiger partial charge in [0.15, 0.2) is 11.5 Å². The van der Waals surface area contributed by atoms with Crippen LogP contribution in [-0.2, 0) is 13.1 Å². The number of rotatable bonds is 4. The van der Waals surface area contributed by atoms with Gasteiger partial charge in [-0.1, -0.05) is 6.07 Å². The van der Waals surface area contributed by atoms with Crippen LogP contribution in [0.4, 0.5) is 0 Å². The van der Waals surface area contributed by atoms with Crippen LogP contribution in [0.25, 0.3) is 0 Å². The lowest BCUT2D eigenvalue weighted by atomic mass is 10.2. The summed E-state index contributed by atoms with van der Waals surface area (Å²) in [4.78, 5) is 1.40. The average Bonchev–Trinajstić information content (AvgIpc) is 2.98. The third-order valence-corrected chi connectivity index (χ3v) is 4.04. The first kappa shape index (κ1) is 11.6. The van der Waals surface area contributed by atoms with Gasteiger partial charge in [-0.2, -0.15) is 0 Å². The molecule has 2 heterocycles. The van der Waals surface area contributed by atoms with E-state index in [4.69, 9.17) is 9.47 Å². The monoisotopic (exact) mass is 261 g/mol. The first-order chi connectivity index (χ1) is 8.83. The summed E-state index contributed by atoms with van der Waals surface area (Å²) in [5, 5.41) is 5.58. The van der Waals surface area contributed by atoms with E-state index >= 15 is 0 Å². The predicted molar refractivity (Wildman–Crippen MR) is 72.2 cm³/mol. The fourth-order valence-electron chi connectivity index (χ4n) is 1.96. The Kier molecular flexibility index (Phi) is 3.21. The van der Waals surface area contributed by atoms with Gasteiger partial charge in [0.25, 0.3) is 0 Å². The minimum absolute atomic E-state index is 0.334. The number of hydrogen-bond donors (Lipinski definition) is 1. The van der Waals surface area contributed by atoms with Crippen molar-refractivity contribution in [2.45, 2.75) is 20.0 Å². The van der Waals surface area contributed by atoms with Crippen LogP contribution in [0.5, 0.6) is 11.5 Å². The maximum atomic E-state index is 5.36. The summed E-state index contributed by atoms with van der Waals surface area (Å²) in [6, 6.07) is 8.23. The molecule has 1 N–H and O–H groups in total. The number of fused-ring (bicyclic) bond motifs is 1. The minimum Gasteiger partial charge on any atom is -0.454 e. The summed E-state index contributed by atoms with van der Waals surface area (Å²) in [7, 11) is 0. The number of benzene rings is 1. The highest BCUT2D eigenvalue weighted by molar-refractivity contribution is 7.10. The molecule has 94 valence electrons. The average molecular weight is 261 g/mol. The van der Waals surface area contributed by atoms with Crippen molar-refractivity contribution < 1.29 is 9.47 Å². The molecule has 0 atom stereocenters. The molecule has 0 unspecified atom stereocenters. The Morgan fingerprint density at radius 3 is 2.89 bits per heavy atom. The van der Waals surface area contributed by atoms with Crippen LogP contribution in [0.3, 0.4) is 0 Å². The summed E-state index contributed by atoms with van der Waals surface area (Å²) in [5.74, 6) is 1.69. The van der Waals surface area contributed by atoms with Gasteiger partial charge < -0.3 is 14.8 Å². The topological polar surface area (TPSA) is 30.5 Å². The van der Waals surface area contributed by atoms with Gasteiger partial charge >= 0.3 is 0 Å². The highest BCUT2D eigenvalue weighted by atomic mass is 32.1. The standard InChI is InChI=1S/C14H15NO2S/c1-10-4-5-18-14(10)8-15-7-11-2-3-12-13(6-11)17-9-16-12/h2-6,15H,7-9H2,1H3. The molecular formula is C14H15NO2S. The van der Waals surface area contributed by atoms with E-state index in [9.17, 15) is 0 Å². The smallest absolute Gasteiger partial charge is 0.231 e. The van der Waals surface area contributed by atoms with E-state index in [1.807, 2.05) is 12.1 Å². The van der Waals surface area contributed by atoms with Gasteiger partial charge in [0.05, 0.1) is 0 Å². The van der Waals surface area contributed by atoms with Gasteiger partial charge in [-0.25, -0.2) is 0 Å². The van der Waals surface area contributed by atoms with E-state index in [1.54, 1.807) is 11.3 Å². The van der Waals surface area contributed by atoms with E-state index in [-0.39, 0.29) is 0 Å². The fraction of sp³-hybridized carbons (Fsp3) is 0.286. The molecule has 4 heteroatoms. The minimum atomic E-state index is 0.334. The first-order valence-electron chi connectivity index (χ1n) is 5.95. The van der Waals surface area contributed by atoms with Crippen molar-refractivity contribution in [1.29, 1.82) is 0 Å². The van der Waals surface area contributed by atoms with E-state index in [0.29, 0.717) is 6.79 Å². The van der Waals surface area contributed by atoms with Crippen molar-refractivity contribution >= 4 is 11.3 Å². The van der Waals surface area contributed by atoms with E-state index < -0.39 is 0 Å². The largest absolute Gasteiger partial charge is 0.454 e. The first-order valence-corrected chi connectivity index (χ1v) is 6.83. The van der Waals surface area contributed by atoms with Crippen LogP contribution in [0.15, 0.2) is 29.6 Å². The molecule has 3 rings (SSSR count). The van der Waals surface area contributed by atoms with E-state index in [2.05, 4.69) is 29.8 Å². The molecule has 0 aliphatic carbocycles. The molecule has 0 spiro atoms. The molecular weight excluding hydrogens is 246 g/mol. The Morgan fingerprint density at radius 1 is 1.17 bits per heavy atom. The van der Waals surface area contributed by atoms with Gasteiger partial charge in [-0.05, 0) is 41.6 Å². The van der Waals surface area contributed by atoms with Crippen molar-refractivity contribution in [3.63, 3.8) is 0 Å². The molecule has 0 radical (unpaired) electrons. The molecule has 1 aromatic heterocycles. The molecule has 0 fully saturated rings.